The minimum absolute atomic E-state index is 0.127. The van der Waals surface area contributed by atoms with Crippen LogP contribution in [0.15, 0.2) is 54.1 Å². The molecule has 0 radical (unpaired) electrons. The summed E-state index contributed by atoms with van der Waals surface area (Å²) in [5.41, 5.74) is 1.80. The fraction of sp³-hybridized carbons (Fsp3) is 0.150. The van der Waals surface area contributed by atoms with Crippen molar-refractivity contribution >= 4 is 35.3 Å². The summed E-state index contributed by atoms with van der Waals surface area (Å²) in [5, 5.41) is 2.20. The lowest BCUT2D eigenvalue weighted by atomic mass is 10.1. The lowest BCUT2D eigenvalue weighted by molar-refractivity contribution is -0.122. The van der Waals surface area contributed by atoms with Crippen molar-refractivity contribution in [3.05, 3.63) is 59.7 Å². The van der Waals surface area contributed by atoms with Gasteiger partial charge in [-0.05, 0) is 35.9 Å². The summed E-state index contributed by atoms with van der Waals surface area (Å²) in [6, 6.07) is 13.2. The largest absolute Gasteiger partial charge is 0.495 e. The summed E-state index contributed by atoms with van der Waals surface area (Å²) in [4.78, 5) is 40.3. The van der Waals surface area contributed by atoms with Crippen molar-refractivity contribution in [3.8, 4) is 5.75 Å². The molecular formula is C20H19N3O4. The maximum atomic E-state index is 12.9. The molecule has 0 bridgehead atoms. The van der Waals surface area contributed by atoms with E-state index in [0.717, 1.165) is 10.6 Å². The topological polar surface area (TPSA) is 79.0 Å². The number of hydrogen-bond acceptors (Lipinski definition) is 5. The number of benzene rings is 2. The number of nitrogens with one attached hydrogen (secondary N) is 1. The molecule has 1 N–H and O–H groups in total. The van der Waals surface area contributed by atoms with E-state index in [-0.39, 0.29) is 11.3 Å². The van der Waals surface area contributed by atoms with E-state index in [2.05, 4.69) is 5.32 Å². The van der Waals surface area contributed by atoms with E-state index in [4.69, 9.17) is 4.74 Å². The molecule has 1 aliphatic rings. The van der Waals surface area contributed by atoms with Crippen LogP contribution < -0.4 is 19.9 Å². The first kappa shape index (κ1) is 18.2. The second-order valence-electron chi connectivity index (χ2n) is 6.12. The number of hydrogen-bond donors (Lipinski definition) is 1. The number of ether oxygens (including phenoxy) is 1. The number of barbiturate groups is 1. The summed E-state index contributed by atoms with van der Waals surface area (Å²) in [6.45, 7) is 0. The van der Waals surface area contributed by atoms with Gasteiger partial charge in [-0.2, -0.15) is 0 Å². The van der Waals surface area contributed by atoms with Crippen LogP contribution in [-0.2, 0) is 9.59 Å². The molecule has 2 aromatic carbocycles. The number of para-hydroxylation sites is 2. The highest BCUT2D eigenvalue weighted by Gasteiger charge is 2.38. The van der Waals surface area contributed by atoms with E-state index < -0.39 is 17.8 Å². The predicted octanol–water partition coefficient (Wildman–Crippen LogP) is 2.43. The van der Waals surface area contributed by atoms with Crippen LogP contribution >= 0.6 is 0 Å². The summed E-state index contributed by atoms with van der Waals surface area (Å²) in [6.07, 6.45) is 1.46. The molecule has 0 aliphatic carbocycles. The second-order valence-corrected chi connectivity index (χ2v) is 6.12. The average Bonchev–Trinajstić information content (AvgIpc) is 2.65. The van der Waals surface area contributed by atoms with Gasteiger partial charge in [0.1, 0.15) is 11.3 Å². The zero-order chi connectivity index (χ0) is 19.6. The summed E-state index contributed by atoms with van der Waals surface area (Å²) < 4.78 is 5.23. The Bertz CT molecular complexity index is 932. The van der Waals surface area contributed by atoms with Crippen LogP contribution in [0.3, 0.4) is 0 Å². The highest BCUT2D eigenvalue weighted by Crippen LogP contribution is 2.30. The number of anilines is 2. The molecular weight excluding hydrogens is 346 g/mol. The normalized spacial score (nSPS) is 15.7. The third kappa shape index (κ3) is 3.52. The third-order valence-electron chi connectivity index (χ3n) is 4.15. The first-order valence-electron chi connectivity index (χ1n) is 8.24. The van der Waals surface area contributed by atoms with E-state index in [9.17, 15) is 14.4 Å². The minimum Gasteiger partial charge on any atom is -0.495 e. The molecule has 0 unspecified atom stereocenters. The molecule has 7 heteroatoms. The molecule has 3 rings (SSSR count). The van der Waals surface area contributed by atoms with Gasteiger partial charge in [-0.15, -0.1) is 0 Å². The molecule has 1 heterocycles. The minimum atomic E-state index is -0.811. The van der Waals surface area contributed by atoms with Crippen LogP contribution in [-0.4, -0.2) is 39.1 Å². The van der Waals surface area contributed by atoms with Gasteiger partial charge in [-0.1, -0.05) is 24.3 Å². The number of urea groups is 1. The van der Waals surface area contributed by atoms with Gasteiger partial charge in [0.25, 0.3) is 11.8 Å². The lowest BCUT2D eigenvalue weighted by Gasteiger charge is -2.27. The third-order valence-corrected chi connectivity index (χ3v) is 4.15. The van der Waals surface area contributed by atoms with Gasteiger partial charge in [-0.3, -0.25) is 14.9 Å². The molecule has 138 valence electrons. The van der Waals surface area contributed by atoms with Crippen molar-refractivity contribution in [2.75, 3.05) is 31.0 Å². The fourth-order valence-corrected chi connectivity index (χ4v) is 2.73. The second kappa shape index (κ2) is 7.33. The van der Waals surface area contributed by atoms with E-state index >= 15 is 0 Å². The quantitative estimate of drug-likeness (QED) is 0.665. The van der Waals surface area contributed by atoms with Crippen molar-refractivity contribution in [1.82, 2.24) is 5.32 Å². The number of methoxy groups -OCH3 is 1. The van der Waals surface area contributed by atoms with Crippen molar-refractivity contribution < 1.29 is 19.1 Å². The van der Waals surface area contributed by atoms with Gasteiger partial charge in [0, 0.05) is 19.8 Å². The highest BCUT2D eigenvalue weighted by molar-refractivity contribution is 6.39. The van der Waals surface area contributed by atoms with Gasteiger partial charge < -0.3 is 9.64 Å². The van der Waals surface area contributed by atoms with E-state index in [1.807, 2.05) is 31.1 Å². The Morgan fingerprint density at radius 2 is 1.67 bits per heavy atom. The zero-order valence-electron chi connectivity index (χ0n) is 15.2. The highest BCUT2D eigenvalue weighted by atomic mass is 16.5. The average molecular weight is 365 g/mol. The Hall–Kier alpha value is -3.61. The monoisotopic (exact) mass is 365 g/mol. The molecule has 0 aromatic heterocycles. The fourth-order valence-electron chi connectivity index (χ4n) is 2.73. The van der Waals surface area contributed by atoms with Gasteiger partial charge in [0.2, 0.25) is 0 Å². The van der Waals surface area contributed by atoms with Gasteiger partial charge >= 0.3 is 6.03 Å². The van der Waals surface area contributed by atoms with Crippen LogP contribution in [0.2, 0.25) is 0 Å². The molecule has 27 heavy (non-hydrogen) atoms. The van der Waals surface area contributed by atoms with Crippen LogP contribution in [0.25, 0.3) is 6.08 Å². The standard InChI is InChI=1S/C20H19N3O4/c1-22(2)14-10-8-13(9-11-14)12-15-18(24)21-20(26)23(19(15)25)16-6-4-5-7-17(16)27-3/h4-12H,1-3H3,(H,21,24,26)/b15-12-. The number of nitrogens with zero attached hydrogens (tertiary/aromatic N) is 2. The van der Waals surface area contributed by atoms with Crippen LogP contribution in [0.1, 0.15) is 5.56 Å². The van der Waals surface area contributed by atoms with Gasteiger partial charge in [0.05, 0.1) is 12.8 Å². The maximum absolute atomic E-state index is 12.9. The Kier molecular flexibility index (Phi) is 4.94. The van der Waals surface area contributed by atoms with E-state index in [1.165, 1.54) is 13.2 Å². The summed E-state index contributed by atoms with van der Waals surface area (Å²) >= 11 is 0. The number of carbonyl (C=O) groups excluding carboxylic acids is 3. The molecule has 4 amide bonds. The van der Waals surface area contributed by atoms with Crippen molar-refractivity contribution in [1.29, 1.82) is 0 Å². The molecule has 1 fully saturated rings. The molecule has 0 saturated carbocycles. The Morgan fingerprint density at radius 1 is 1.00 bits per heavy atom. The molecule has 7 nitrogen and oxygen atoms in total. The van der Waals surface area contributed by atoms with Gasteiger partial charge in [0.15, 0.2) is 0 Å². The Balaban J connectivity index is 1.99. The van der Waals surface area contributed by atoms with Crippen LogP contribution in [0, 0.1) is 0 Å². The van der Waals surface area contributed by atoms with Crippen LogP contribution in [0.4, 0.5) is 16.2 Å². The number of carbonyl (C=O) groups is 3. The Morgan fingerprint density at radius 3 is 2.30 bits per heavy atom. The van der Waals surface area contributed by atoms with Crippen molar-refractivity contribution in [2.45, 2.75) is 0 Å². The molecule has 1 saturated heterocycles. The number of amides is 4. The first-order chi connectivity index (χ1) is 12.9. The summed E-state index contributed by atoms with van der Waals surface area (Å²) in [7, 11) is 5.28. The maximum Gasteiger partial charge on any atom is 0.336 e. The summed E-state index contributed by atoms with van der Waals surface area (Å²) in [5.74, 6) is -1.08. The number of rotatable bonds is 4. The molecule has 0 spiro atoms. The first-order valence-corrected chi connectivity index (χ1v) is 8.24. The van der Waals surface area contributed by atoms with Gasteiger partial charge in [-0.25, -0.2) is 9.69 Å². The van der Waals surface area contributed by atoms with E-state index in [1.54, 1.807) is 36.4 Å². The number of imide groups is 2. The van der Waals surface area contributed by atoms with Crippen LogP contribution in [0.5, 0.6) is 5.75 Å². The smallest absolute Gasteiger partial charge is 0.336 e. The predicted molar refractivity (Wildman–Crippen MR) is 103 cm³/mol. The Labute approximate surface area is 156 Å². The van der Waals surface area contributed by atoms with E-state index in [0.29, 0.717) is 11.3 Å². The molecule has 0 atom stereocenters. The zero-order valence-corrected chi connectivity index (χ0v) is 15.2. The van der Waals surface area contributed by atoms with Crippen molar-refractivity contribution in [3.63, 3.8) is 0 Å². The SMILES string of the molecule is COc1ccccc1N1C(=O)NC(=O)/C(=C/c2ccc(N(C)C)cc2)C1=O. The molecule has 1 aliphatic heterocycles. The van der Waals surface area contributed by atoms with Crippen molar-refractivity contribution in [2.24, 2.45) is 0 Å². The lowest BCUT2D eigenvalue weighted by Crippen LogP contribution is -2.54. The molecule has 2 aromatic rings.